The van der Waals surface area contributed by atoms with Crippen molar-refractivity contribution in [2.75, 3.05) is 25.5 Å². The van der Waals surface area contributed by atoms with E-state index in [4.69, 9.17) is 0 Å². The first-order valence-electron chi connectivity index (χ1n) is 7.11. The van der Waals surface area contributed by atoms with Gasteiger partial charge in [0.25, 0.3) is 0 Å². The van der Waals surface area contributed by atoms with Crippen molar-refractivity contribution >= 4 is 5.69 Å². The third-order valence-corrected chi connectivity index (χ3v) is 3.67. The summed E-state index contributed by atoms with van der Waals surface area (Å²) in [5, 5.41) is 3.42. The normalized spacial score (nSPS) is 18.6. The summed E-state index contributed by atoms with van der Waals surface area (Å²) in [4.78, 5) is 2.31. The zero-order valence-electron chi connectivity index (χ0n) is 12.5. The van der Waals surface area contributed by atoms with E-state index in [1.54, 1.807) is 6.07 Å². The van der Waals surface area contributed by atoms with Crippen LogP contribution < -0.4 is 5.32 Å². The molecular formula is C16H25FN2. The van der Waals surface area contributed by atoms with E-state index in [-0.39, 0.29) is 11.4 Å². The summed E-state index contributed by atoms with van der Waals surface area (Å²) < 4.78 is 14.0. The lowest BCUT2D eigenvalue weighted by molar-refractivity contribution is 0.253. The molecule has 0 saturated carbocycles. The Morgan fingerprint density at radius 1 is 1.21 bits per heavy atom. The van der Waals surface area contributed by atoms with Crippen LogP contribution in [-0.4, -0.2) is 30.6 Å². The number of hydrogen-bond donors (Lipinski definition) is 1. The molecule has 1 N–H and O–H groups in total. The predicted octanol–water partition coefficient (Wildman–Crippen LogP) is 3.85. The number of rotatable bonds is 2. The van der Waals surface area contributed by atoms with E-state index in [2.05, 4.69) is 38.0 Å². The summed E-state index contributed by atoms with van der Waals surface area (Å²) in [6.07, 6.45) is 2.10. The van der Waals surface area contributed by atoms with Crippen LogP contribution in [0.15, 0.2) is 18.2 Å². The highest BCUT2D eigenvalue weighted by Crippen LogP contribution is 2.31. The first-order chi connectivity index (χ1) is 8.85. The van der Waals surface area contributed by atoms with Crippen LogP contribution in [0.2, 0.25) is 0 Å². The molecule has 0 unspecified atom stereocenters. The van der Waals surface area contributed by atoms with E-state index in [9.17, 15) is 4.39 Å². The minimum atomic E-state index is -0.0611. The Labute approximate surface area is 116 Å². The minimum Gasteiger partial charge on any atom is -0.380 e. The van der Waals surface area contributed by atoms with Gasteiger partial charge in [-0.3, -0.25) is 0 Å². The van der Waals surface area contributed by atoms with Crippen LogP contribution in [0.25, 0.3) is 0 Å². The van der Waals surface area contributed by atoms with Gasteiger partial charge < -0.3 is 10.2 Å². The fraction of sp³-hybridized carbons (Fsp3) is 0.625. The number of hydrogen-bond acceptors (Lipinski definition) is 2. The van der Waals surface area contributed by atoms with Crippen LogP contribution in [0.3, 0.4) is 0 Å². The molecule has 1 aromatic carbocycles. The third-order valence-electron chi connectivity index (χ3n) is 3.67. The molecule has 1 saturated heterocycles. The lowest BCUT2D eigenvalue weighted by Gasteiger charge is -2.30. The molecular weight excluding hydrogens is 239 g/mol. The van der Waals surface area contributed by atoms with Crippen molar-refractivity contribution in [1.82, 2.24) is 4.90 Å². The number of likely N-dealkylation sites (tertiary alicyclic amines) is 1. The fourth-order valence-electron chi connectivity index (χ4n) is 2.69. The molecule has 1 heterocycles. The van der Waals surface area contributed by atoms with Gasteiger partial charge in [-0.25, -0.2) is 4.39 Å². The average Bonchev–Trinajstić information content (AvgIpc) is 2.31. The SMILES string of the molecule is CN1CCC(c2cc(NC(C)(C)C)ccc2F)CC1. The number of nitrogens with one attached hydrogen (secondary N) is 1. The van der Waals surface area contributed by atoms with Gasteiger partial charge >= 0.3 is 0 Å². The Bertz CT molecular complexity index is 429. The van der Waals surface area contributed by atoms with E-state index < -0.39 is 0 Å². The molecule has 0 amide bonds. The molecule has 0 aliphatic carbocycles. The number of halogens is 1. The fourth-order valence-corrected chi connectivity index (χ4v) is 2.69. The number of nitrogens with zero attached hydrogens (tertiary/aromatic N) is 1. The molecule has 1 aromatic rings. The van der Waals surface area contributed by atoms with Crippen molar-refractivity contribution in [3.63, 3.8) is 0 Å². The molecule has 0 aromatic heterocycles. The first-order valence-corrected chi connectivity index (χ1v) is 7.11. The Hall–Kier alpha value is -1.09. The second-order valence-electron chi connectivity index (χ2n) is 6.69. The van der Waals surface area contributed by atoms with Crippen LogP contribution >= 0.6 is 0 Å². The summed E-state index contributed by atoms with van der Waals surface area (Å²) >= 11 is 0. The zero-order chi connectivity index (χ0) is 14.0. The second kappa shape index (κ2) is 5.49. The molecule has 1 aliphatic rings. The van der Waals surface area contributed by atoms with E-state index >= 15 is 0 Å². The van der Waals surface area contributed by atoms with Crippen LogP contribution in [0.5, 0.6) is 0 Å². The van der Waals surface area contributed by atoms with Gasteiger partial charge in [-0.2, -0.15) is 0 Å². The maximum Gasteiger partial charge on any atom is 0.126 e. The molecule has 106 valence electrons. The molecule has 2 nitrogen and oxygen atoms in total. The molecule has 0 atom stereocenters. The first kappa shape index (κ1) is 14.3. The van der Waals surface area contributed by atoms with E-state index in [0.717, 1.165) is 37.2 Å². The van der Waals surface area contributed by atoms with Gasteiger partial charge in [0.1, 0.15) is 5.82 Å². The summed E-state index contributed by atoms with van der Waals surface area (Å²) in [6.45, 7) is 8.46. The lowest BCUT2D eigenvalue weighted by atomic mass is 9.89. The molecule has 1 aliphatic heterocycles. The van der Waals surface area contributed by atoms with Crippen LogP contribution in [0, 0.1) is 5.82 Å². The van der Waals surface area contributed by atoms with Gasteiger partial charge in [0.05, 0.1) is 0 Å². The van der Waals surface area contributed by atoms with Crippen molar-refractivity contribution in [3.8, 4) is 0 Å². The van der Waals surface area contributed by atoms with E-state index in [1.165, 1.54) is 0 Å². The summed E-state index contributed by atoms with van der Waals surface area (Å²) in [5.41, 5.74) is 1.90. The van der Waals surface area contributed by atoms with Crippen molar-refractivity contribution in [2.45, 2.75) is 45.1 Å². The molecule has 0 spiro atoms. The summed E-state index contributed by atoms with van der Waals surface area (Å²) in [7, 11) is 2.13. The van der Waals surface area contributed by atoms with Crippen LogP contribution in [-0.2, 0) is 0 Å². The number of benzene rings is 1. The number of anilines is 1. The van der Waals surface area contributed by atoms with Crippen molar-refractivity contribution in [1.29, 1.82) is 0 Å². The molecule has 1 fully saturated rings. The maximum atomic E-state index is 14.0. The highest BCUT2D eigenvalue weighted by molar-refractivity contribution is 5.48. The largest absolute Gasteiger partial charge is 0.380 e. The van der Waals surface area contributed by atoms with E-state index in [1.807, 2.05) is 12.1 Å². The lowest BCUT2D eigenvalue weighted by Crippen LogP contribution is -2.30. The summed E-state index contributed by atoms with van der Waals surface area (Å²) in [5.74, 6) is 0.298. The van der Waals surface area contributed by atoms with Crippen LogP contribution in [0.4, 0.5) is 10.1 Å². The Morgan fingerprint density at radius 2 is 1.84 bits per heavy atom. The second-order valence-corrected chi connectivity index (χ2v) is 6.69. The van der Waals surface area contributed by atoms with Crippen molar-refractivity contribution in [3.05, 3.63) is 29.6 Å². The standard InChI is InChI=1S/C16H25FN2/c1-16(2,3)18-13-5-6-15(17)14(11-13)12-7-9-19(4)10-8-12/h5-6,11-12,18H,7-10H2,1-4H3. The quantitative estimate of drug-likeness (QED) is 0.873. The minimum absolute atomic E-state index is 0.00187. The highest BCUT2D eigenvalue weighted by Gasteiger charge is 2.22. The zero-order valence-corrected chi connectivity index (χ0v) is 12.5. The molecule has 0 radical (unpaired) electrons. The molecule has 2 rings (SSSR count). The molecule has 3 heteroatoms. The van der Waals surface area contributed by atoms with Gasteiger partial charge in [0.2, 0.25) is 0 Å². The predicted molar refractivity (Wildman–Crippen MR) is 79.2 cm³/mol. The van der Waals surface area contributed by atoms with Crippen molar-refractivity contribution < 1.29 is 4.39 Å². The van der Waals surface area contributed by atoms with Crippen LogP contribution in [0.1, 0.15) is 45.1 Å². The Morgan fingerprint density at radius 3 is 2.42 bits per heavy atom. The Balaban J connectivity index is 2.17. The number of piperidine rings is 1. The Kier molecular flexibility index (Phi) is 4.14. The molecule has 19 heavy (non-hydrogen) atoms. The maximum absolute atomic E-state index is 14.0. The third kappa shape index (κ3) is 3.93. The monoisotopic (exact) mass is 264 g/mol. The smallest absolute Gasteiger partial charge is 0.126 e. The van der Waals surface area contributed by atoms with Gasteiger partial charge in [-0.05, 0) is 83.4 Å². The topological polar surface area (TPSA) is 15.3 Å². The molecule has 0 bridgehead atoms. The highest BCUT2D eigenvalue weighted by atomic mass is 19.1. The van der Waals surface area contributed by atoms with E-state index in [0.29, 0.717) is 5.92 Å². The van der Waals surface area contributed by atoms with Gasteiger partial charge in [-0.1, -0.05) is 0 Å². The average molecular weight is 264 g/mol. The van der Waals surface area contributed by atoms with Gasteiger partial charge in [0.15, 0.2) is 0 Å². The van der Waals surface area contributed by atoms with Gasteiger partial charge in [0, 0.05) is 11.2 Å². The summed E-state index contributed by atoms with van der Waals surface area (Å²) in [6, 6.07) is 5.43. The van der Waals surface area contributed by atoms with Crippen molar-refractivity contribution in [2.24, 2.45) is 0 Å². The van der Waals surface area contributed by atoms with Gasteiger partial charge in [-0.15, -0.1) is 0 Å².